The molecule has 0 aliphatic carbocycles. The number of hydrogen-bond acceptors (Lipinski definition) is 24. The highest BCUT2D eigenvalue weighted by Crippen LogP contribution is 2.42. The molecule has 0 aromatic carbocycles. The fourth-order valence-corrected chi connectivity index (χ4v) is 18.1. The average Bonchev–Trinajstić information content (AvgIpc) is 3.91. The summed E-state index contributed by atoms with van der Waals surface area (Å²) in [6.07, 6.45) is -4.40. The van der Waals surface area contributed by atoms with Crippen LogP contribution in [0.5, 0.6) is 0 Å². The summed E-state index contributed by atoms with van der Waals surface area (Å²) in [6.45, 7) is 0. The maximum atomic E-state index is 12.0. The molecule has 32 nitrogen and oxygen atoms in total. The van der Waals surface area contributed by atoms with Gasteiger partial charge in [-0.15, -0.1) is 0 Å². The van der Waals surface area contributed by atoms with Gasteiger partial charge in [-0.2, -0.15) is 33.7 Å². The molecule has 0 aromatic rings. The molecule has 4 rings (SSSR count). The van der Waals surface area contributed by atoms with E-state index >= 15 is 0 Å². The quantitative estimate of drug-likeness (QED) is 0.0222. The van der Waals surface area contributed by atoms with E-state index in [0.29, 0.717) is 0 Å². The summed E-state index contributed by atoms with van der Waals surface area (Å²) in [7, 11) is -22.5. The van der Waals surface area contributed by atoms with Crippen molar-refractivity contribution in [3.05, 3.63) is 0 Å². The van der Waals surface area contributed by atoms with Crippen LogP contribution in [0.4, 0.5) is 0 Å². The second kappa shape index (κ2) is 20.4. The van der Waals surface area contributed by atoms with Crippen molar-refractivity contribution in [1.82, 2.24) is 19.6 Å². The number of hydrogen-bond donors (Lipinski definition) is 8. The van der Waals surface area contributed by atoms with Crippen LogP contribution in [-0.2, 0) is 98.0 Å². The van der Waals surface area contributed by atoms with Gasteiger partial charge in [0.05, 0.1) is 23.0 Å². The van der Waals surface area contributed by atoms with Gasteiger partial charge in [0.15, 0.2) is 0 Å². The number of imide groups is 4. The Bertz CT molecular complexity index is 2300. The van der Waals surface area contributed by atoms with E-state index in [1.165, 1.54) is 0 Å². The predicted molar refractivity (Wildman–Crippen MR) is 222 cm³/mol. The van der Waals surface area contributed by atoms with Crippen molar-refractivity contribution in [3.63, 3.8) is 0 Å². The Morgan fingerprint density at radius 3 is 0.544 bits per heavy atom. The molecule has 380 valence electrons. The first kappa shape index (κ1) is 57.8. The smallest absolute Gasteiger partial charge is 0.349 e. The molecule has 68 heavy (non-hydrogen) atoms. The van der Waals surface area contributed by atoms with E-state index in [4.69, 9.17) is 0 Å². The largest absolute Gasteiger partial charge is 0.479 e. The molecule has 4 saturated heterocycles. The molecule has 4 aliphatic rings. The molecule has 4 fully saturated rings. The van der Waals surface area contributed by atoms with Gasteiger partial charge in [0, 0.05) is 51.4 Å². The zero-order valence-electron chi connectivity index (χ0n) is 33.3. The van der Waals surface area contributed by atoms with E-state index in [1.54, 1.807) is 0 Å². The normalized spacial score (nSPS) is 21.0. The van der Waals surface area contributed by atoms with Crippen molar-refractivity contribution in [2.24, 2.45) is 0 Å². The summed E-state index contributed by atoms with van der Waals surface area (Å²) in [5.74, 6) is -24.5. The summed E-state index contributed by atoms with van der Waals surface area (Å²) in [6, 6.07) is 0. The number of amides is 8. The van der Waals surface area contributed by atoms with Crippen LogP contribution in [0.15, 0.2) is 0 Å². The van der Waals surface area contributed by atoms with Crippen LogP contribution in [0.3, 0.4) is 0 Å². The topological polar surface area (TPSA) is 516 Å². The first-order valence-corrected chi connectivity index (χ1v) is 28.4. The summed E-state index contributed by atoms with van der Waals surface area (Å²) >= 11 is 0. The van der Waals surface area contributed by atoms with Gasteiger partial charge >= 0.3 is 64.3 Å². The van der Waals surface area contributed by atoms with Crippen molar-refractivity contribution >= 4 is 155 Å². The molecule has 0 spiro atoms. The van der Waals surface area contributed by atoms with Crippen LogP contribution < -0.4 is 0 Å². The summed E-state index contributed by atoms with van der Waals surface area (Å²) < 4.78 is 134. The Hall–Kier alpha value is -4.52. The van der Waals surface area contributed by atoms with Crippen LogP contribution in [0, 0.1) is 0 Å². The molecular formula is C28H32N4O28S8. The van der Waals surface area contributed by atoms with Crippen LogP contribution in [0.2, 0.25) is 0 Å². The van der Waals surface area contributed by atoms with Crippen LogP contribution in [0.1, 0.15) is 51.4 Å². The third-order valence-electron chi connectivity index (χ3n) is 9.88. The third-order valence-corrected chi connectivity index (χ3v) is 20.9. The lowest BCUT2D eigenvalue weighted by Crippen LogP contribution is -2.64. The number of carbonyl (C=O) groups excluding carboxylic acids is 8. The molecule has 4 heterocycles. The Morgan fingerprint density at radius 2 is 0.456 bits per heavy atom. The molecular weight excluding hydrogens is 1100 g/mol. The lowest BCUT2D eigenvalue weighted by molar-refractivity contribution is -0.156. The maximum Gasteiger partial charge on any atom is 0.349 e. The van der Waals surface area contributed by atoms with E-state index in [0.717, 1.165) is 0 Å². The van der Waals surface area contributed by atoms with Crippen LogP contribution in [0.25, 0.3) is 0 Å². The van der Waals surface area contributed by atoms with Gasteiger partial charge < -0.3 is 20.4 Å². The van der Waals surface area contributed by atoms with Crippen molar-refractivity contribution in [1.29, 1.82) is 0 Å². The number of carboxylic acid groups (broad SMARTS) is 4. The van der Waals surface area contributed by atoms with Gasteiger partial charge in [-0.3, -0.25) is 56.6 Å². The van der Waals surface area contributed by atoms with E-state index in [-0.39, 0.29) is 62.8 Å². The van der Waals surface area contributed by atoms with E-state index < -0.39 is 205 Å². The predicted octanol–water partition coefficient (Wildman–Crippen LogP) is -3.99. The number of aliphatic carboxylic acids is 4. The van der Waals surface area contributed by atoms with Gasteiger partial charge in [0.2, 0.25) is 47.3 Å². The highest BCUT2D eigenvalue weighted by molar-refractivity contribution is 8.77. The molecule has 0 aromatic heterocycles. The minimum atomic E-state index is -5.72. The minimum Gasteiger partial charge on any atom is -0.479 e. The van der Waals surface area contributed by atoms with Crippen molar-refractivity contribution in [3.8, 4) is 0 Å². The Labute approximate surface area is 396 Å². The fraction of sp³-hybridized carbons (Fsp3) is 0.571. The van der Waals surface area contributed by atoms with Gasteiger partial charge in [0.1, 0.15) is 0 Å². The number of rotatable bonds is 22. The van der Waals surface area contributed by atoms with Gasteiger partial charge in [-0.05, 0) is 0 Å². The molecule has 0 saturated carbocycles. The molecule has 40 heteroatoms. The first-order valence-electron chi connectivity index (χ1n) is 17.6. The van der Waals surface area contributed by atoms with E-state index in [9.17, 15) is 130 Å². The van der Waals surface area contributed by atoms with Crippen molar-refractivity contribution < 1.29 is 130 Å². The minimum absolute atomic E-state index is 0.0904. The SMILES string of the molecule is O=C1CCC(=O)N1C(CSSCC(C(=O)O)(N1C(=O)CCC1=O)S(=O)(=O)O)(C(=O)O)S(=O)(=O)O.O=C1CCC(=O)N1C(CSSCC(C(=O)O)(N1C(=O)CCC1=O)S(=O)(=O)O)(C(=O)O)S(=O)(=O)O. The molecule has 0 bridgehead atoms. The maximum absolute atomic E-state index is 12.0. The highest BCUT2D eigenvalue weighted by atomic mass is 33.1. The average molecular weight is 1130 g/mol. The first-order chi connectivity index (χ1) is 30.9. The van der Waals surface area contributed by atoms with Crippen molar-refractivity contribution in [2.75, 3.05) is 23.0 Å². The van der Waals surface area contributed by atoms with Gasteiger partial charge in [0.25, 0.3) is 19.5 Å². The van der Waals surface area contributed by atoms with Crippen LogP contribution in [-0.4, -0.2) is 206 Å². The molecule has 4 aliphatic heterocycles. The zero-order chi connectivity index (χ0) is 52.6. The van der Waals surface area contributed by atoms with Crippen LogP contribution >= 0.6 is 43.2 Å². The standard InChI is InChI=1S/2C14H16N2O14S4/c2*17-7-1-2-8(18)15(7)13(11(21)22,33(25,26)27)5-31-32-6-14(12(23)24,34(28,29)30)16-9(19)3-4-10(16)20/h2*1-6H2,(H,21,22)(H,23,24)(H,25,26,27)(H,28,29,30). The lowest BCUT2D eigenvalue weighted by atomic mass is 10.3. The third kappa shape index (κ3) is 10.1. The van der Waals surface area contributed by atoms with Gasteiger partial charge in [-0.1, -0.05) is 43.2 Å². The number of likely N-dealkylation sites (tertiary alicyclic amines) is 4. The summed E-state index contributed by atoms with van der Waals surface area (Å²) in [4.78, 5) is 129. The zero-order valence-corrected chi connectivity index (χ0v) is 39.8. The summed E-state index contributed by atoms with van der Waals surface area (Å²) in [5, 5.41) is 38.2. The summed E-state index contributed by atoms with van der Waals surface area (Å²) in [5.41, 5.74) is 0. The molecule has 0 radical (unpaired) electrons. The molecule has 8 amide bonds. The fourth-order valence-electron chi connectivity index (χ4n) is 6.49. The second-order valence-corrected chi connectivity index (χ2v) is 25.2. The van der Waals surface area contributed by atoms with Crippen molar-refractivity contribution in [2.45, 2.75) is 70.9 Å². The number of carbonyl (C=O) groups is 12. The van der Waals surface area contributed by atoms with Gasteiger partial charge in [-0.25, -0.2) is 38.8 Å². The Kier molecular flexibility index (Phi) is 17.4. The van der Waals surface area contributed by atoms with E-state index in [2.05, 4.69) is 0 Å². The monoisotopic (exact) mass is 1130 g/mol. The molecule has 4 unspecified atom stereocenters. The highest BCUT2D eigenvalue weighted by Gasteiger charge is 2.65. The molecule has 4 atom stereocenters. The lowest BCUT2D eigenvalue weighted by Gasteiger charge is -2.34. The Balaban J connectivity index is 0.000000360. The Morgan fingerprint density at radius 1 is 0.338 bits per heavy atom. The molecule has 8 N–H and O–H groups in total. The van der Waals surface area contributed by atoms with E-state index in [1.807, 2.05) is 0 Å². The number of carboxylic acids is 4. The second-order valence-electron chi connectivity index (χ2n) is 13.8. The number of nitrogens with zero attached hydrogens (tertiary/aromatic N) is 4.